The van der Waals surface area contributed by atoms with Gasteiger partial charge in [-0.1, -0.05) is 91.1 Å². The second-order valence-electron chi connectivity index (χ2n) is 10.4. The molecule has 0 spiro atoms. The molecule has 1 unspecified atom stereocenters. The molecular formula is C34H34Cl2FN3O4S. The summed E-state index contributed by atoms with van der Waals surface area (Å²) in [6.45, 7) is 1.65. The van der Waals surface area contributed by atoms with E-state index in [0.717, 1.165) is 34.8 Å². The third-order valence-corrected chi connectivity index (χ3v) is 9.56. The Kier molecular flexibility index (Phi) is 12.0. The van der Waals surface area contributed by atoms with Crippen LogP contribution in [0.4, 0.5) is 10.1 Å². The average molecular weight is 671 g/mol. The van der Waals surface area contributed by atoms with Crippen LogP contribution in [-0.2, 0) is 32.6 Å². The van der Waals surface area contributed by atoms with E-state index in [0.29, 0.717) is 17.1 Å². The summed E-state index contributed by atoms with van der Waals surface area (Å²) in [6.07, 6.45) is 1.77. The van der Waals surface area contributed by atoms with Gasteiger partial charge in [-0.05, 0) is 66.1 Å². The molecule has 0 saturated carbocycles. The van der Waals surface area contributed by atoms with Crippen molar-refractivity contribution in [2.75, 3.05) is 17.4 Å². The lowest BCUT2D eigenvalue weighted by molar-refractivity contribution is -0.140. The van der Waals surface area contributed by atoms with Crippen LogP contribution in [0.15, 0.2) is 108 Å². The Hall–Kier alpha value is -3.92. The quantitative estimate of drug-likeness (QED) is 0.148. The van der Waals surface area contributed by atoms with Gasteiger partial charge in [0.05, 0.1) is 10.6 Å². The van der Waals surface area contributed by atoms with Gasteiger partial charge in [0.15, 0.2) is 0 Å². The number of carbonyl (C=O) groups excluding carboxylic acids is 2. The molecule has 4 rings (SSSR count). The summed E-state index contributed by atoms with van der Waals surface area (Å²) in [5.74, 6) is -1.60. The lowest BCUT2D eigenvalue weighted by Gasteiger charge is -2.34. The predicted molar refractivity (Wildman–Crippen MR) is 176 cm³/mol. The molecule has 0 fully saturated rings. The molecule has 2 amide bonds. The number of benzene rings is 4. The number of anilines is 1. The molecule has 0 aliphatic carbocycles. The molecule has 1 N–H and O–H groups in total. The van der Waals surface area contributed by atoms with Gasteiger partial charge in [0.2, 0.25) is 11.8 Å². The Morgan fingerprint density at radius 2 is 1.53 bits per heavy atom. The van der Waals surface area contributed by atoms with Gasteiger partial charge in [-0.15, -0.1) is 0 Å². The zero-order valence-electron chi connectivity index (χ0n) is 24.7. The number of nitrogens with one attached hydrogen (secondary N) is 1. The summed E-state index contributed by atoms with van der Waals surface area (Å²) in [4.78, 5) is 29.5. The largest absolute Gasteiger partial charge is 0.354 e. The molecule has 45 heavy (non-hydrogen) atoms. The number of halogens is 3. The number of nitrogens with zero attached hydrogens (tertiary/aromatic N) is 2. The fraction of sp³-hybridized carbons (Fsp3) is 0.235. The Morgan fingerprint density at radius 3 is 2.16 bits per heavy atom. The highest BCUT2D eigenvalue weighted by atomic mass is 35.5. The molecule has 7 nitrogen and oxygen atoms in total. The summed E-state index contributed by atoms with van der Waals surface area (Å²) in [7, 11) is -4.29. The first kappa shape index (κ1) is 34.0. The number of sulfonamides is 1. The van der Waals surface area contributed by atoms with Gasteiger partial charge in [-0.3, -0.25) is 13.9 Å². The number of rotatable bonds is 14. The van der Waals surface area contributed by atoms with E-state index in [-0.39, 0.29) is 34.5 Å². The highest BCUT2D eigenvalue weighted by molar-refractivity contribution is 7.92. The highest BCUT2D eigenvalue weighted by Crippen LogP contribution is 2.27. The smallest absolute Gasteiger partial charge is 0.264 e. The Morgan fingerprint density at radius 1 is 0.889 bits per heavy atom. The lowest BCUT2D eigenvalue weighted by atomic mass is 10.0. The van der Waals surface area contributed by atoms with E-state index >= 15 is 0 Å². The van der Waals surface area contributed by atoms with Crippen molar-refractivity contribution in [1.29, 1.82) is 0 Å². The third kappa shape index (κ3) is 9.06. The molecule has 4 aromatic carbocycles. The molecule has 11 heteroatoms. The van der Waals surface area contributed by atoms with Crippen LogP contribution in [-0.4, -0.2) is 44.3 Å². The van der Waals surface area contributed by atoms with Gasteiger partial charge < -0.3 is 10.2 Å². The van der Waals surface area contributed by atoms with Crippen LogP contribution in [0, 0.1) is 5.82 Å². The maximum absolute atomic E-state index is 14.4. The second-order valence-corrected chi connectivity index (χ2v) is 13.1. The van der Waals surface area contributed by atoms with E-state index in [1.165, 1.54) is 29.2 Å². The van der Waals surface area contributed by atoms with Crippen molar-refractivity contribution in [2.24, 2.45) is 0 Å². The van der Waals surface area contributed by atoms with Crippen LogP contribution >= 0.6 is 23.2 Å². The summed E-state index contributed by atoms with van der Waals surface area (Å²) in [5, 5.41) is 3.62. The topological polar surface area (TPSA) is 86.8 Å². The van der Waals surface area contributed by atoms with Gasteiger partial charge in [-0.25, -0.2) is 12.8 Å². The molecule has 0 bridgehead atoms. The third-order valence-electron chi connectivity index (χ3n) is 7.18. The van der Waals surface area contributed by atoms with E-state index in [9.17, 15) is 22.4 Å². The molecule has 0 aromatic heterocycles. The maximum atomic E-state index is 14.4. The molecule has 4 aromatic rings. The van der Waals surface area contributed by atoms with Gasteiger partial charge >= 0.3 is 0 Å². The minimum atomic E-state index is -4.29. The van der Waals surface area contributed by atoms with Crippen molar-refractivity contribution in [3.63, 3.8) is 0 Å². The normalized spacial score (nSPS) is 11.9. The molecule has 0 aliphatic heterocycles. The highest BCUT2D eigenvalue weighted by Gasteiger charge is 2.34. The first-order chi connectivity index (χ1) is 21.6. The zero-order chi connectivity index (χ0) is 32.4. The van der Waals surface area contributed by atoms with Gasteiger partial charge in [0.1, 0.15) is 18.4 Å². The Balaban J connectivity index is 1.80. The summed E-state index contributed by atoms with van der Waals surface area (Å²) in [6, 6.07) is 25.6. The monoisotopic (exact) mass is 669 g/mol. The van der Waals surface area contributed by atoms with E-state index in [1.807, 2.05) is 37.3 Å². The van der Waals surface area contributed by atoms with Crippen molar-refractivity contribution in [3.8, 4) is 0 Å². The van der Waals surface area contributed by atoms with Gasteiger partial charge in [-0.2, -0.15) is 0 Å². The van der Waals surface area contributed by atoms with E-state index in [4.69, 9.17) is 23.2 Å². The molecule has 0 saturated heterocycles. The summed E-state index contributed by atoms with van der Waals surface area (Å²) in [5.41, 5.74) is 1.42. The predicted octanol–water partition coefficient (Wildman–Crippen LogP) is 6.88. The van der Waals surface area contributed by atoms with Gasteiger partial charge in [0, 0.05) is 29.6 Å². The average Bonchev–Trinajstić information content (AvgIpc) is 3.03. The number of amides is 2. The first-order valence-electron chi connectivity index (χ1n) is 14.5. The minimum absolute atomic E-state index is 0.0486. The first-order valence-corrected chi connectivity index (χ1v) is 16.7. The van der Waals surface area contributed by atoms with Crippen molar-refractivity contribution in [3.05, 3.63) is 130 Å². The molecule has 0 radical (unpaired) electrons. The van der Waals surface area contributed by atoms with Crippen molar-refractivity contribution in [1.82, 2.24) is 10.2 Å². The van der Waals surface area contributed by atoms with Crippen LogP contribution in [0.2, 0.25) is 10.0 Å². The molecule has 0 aliphatic rings. The van der Waals surface area contributed by atoms with E-state index in [1.54, 1.807) is 36.4 Å². The van der Waals surface area contributed by atoms with Crippen LogP contribution in [0.25, 0.3) is 0 Å². The molecule has 0 heterocycles. The van der Waals surface area contributed by atoms with Crippen LogP contribution < -0.4 is 9.62 Å². The second kappa shape index (κ2) is 15.9. The maximum Gasteiger partial charge on any atom is 0.264 e. The van der Waals surface area contributed by atoms with Crippen molar-refractivity contribution < 1.29 is 22.4 Å². The standard InChI is InChI=1S/C34H34Cl2FN3O4S/c1-2-3-20-38-34(42)32(21-25-10-6-4-7-11-25)39(23-26-14-15-27(35)22-31(26)36)33(41)24-40(29-18-16-28(37)17-19-29)45(43,44)30-12-8-5-9-13-30/h4-19,22,32H,2-3,20-21,23-24H2,1H3,(H,38,42). The van der Waals surface area contributed by atoms with Crippen molar-refractivity contribution in [2.45, 2.75) is 43.7 Å². The summed E-state index contributed by atoms with van der Waals surface area (Å²) >= 11 is 12.7. The number of carbonyl (C=O) groups is 2. The number of hydrogen-bond acceptors (Lipinski definition) is 4. The lowest BCUT2D eigenvalue weighted by Crippen LogP contribution is -2.53. The van der Waals surface area contributed by atoms with Crippen LogP contribution in [0.1, 0.15) is 30.9 Å². The molecular weight excluding hydrogens is 636 g/mol. The fourth-order valence-corrected chi connectivity index (χ4v) is 6.65. The molecule has 236 valence electrons. The number of hydrogen-bond donors (Lipinski definition) is 1. The number of unbranched alkanes of at least 4 members (excludes halogenated alkanes) is 1. The van der Waals surface area contributed by atoms with Crippen LogP contribution in [0.5, 0.6) is 0 Å². The van der Waals surface area contributed by atoms with Crippen LogP contribution in [0.3, 0.4) is 0 Å². The Labute approximate surface area is 273 Å². The minimum Gasteiger partial charge on any atom is -0.354 e. The van der Waals surface area contributed by atoms with E-state index in [2.05, 4.69) is 5.32 Å². The zero-order valence-corrected chi connectivity index (χ0v) is 27.0. The molecule has 1 atom stereocenters. The van der Waals surface area contributed by atoms with Gasteiger partial charge in [0.25, 0.3) is 10.0 Å². The Bertz CT molecular complexity index is 1690. The SMILES string of the molecule is CCCCNC(=O)C(Cc1ccccc1)N(Cc1ccc(Cl)cc1Cl)C(=O)CN(c1ccc(F)cc1)S(=O)(=O)c1ccccc1. The van der Waals surface area contributed by atoms with E-state index < -0.39 is 34.3 Å². The van der Waals surface area contributed by atoms with Crippen molar-refractivity contribution >= 4 is 50.7 Å². The fourth-order valence-electron chi connectivity index (χ4n) is 4.75. The summed E-state index contributed by atoms with van der Waals surface area (Å²) < 4.78 is 42.7.